The maximum atomic E-state index is 12.9. The van der Waals surface area contributed by atoms with Crippen LogP contribution in [0.2, 0.25) is 0 Å². The molecule has 2 heterocycles. The van der Waals surface area contributed by atoms with E-state index >= 15 is 0 Å². The van der Waals surface area contributed by atoms with Gasteiger partial charge in [0.1, 0.15) is 12.4 Å². The Kier molecular flexibility index (Phi) is 4.16. The molecule has 3 aromatic rings. The molecule has 0 unspecified atom stereocenters. The number of aromatic nitrogens is 5. The summed E-state index contributed by atoms with van der Waals surface area (Å²) in [5.41, 5.74) is 0.683. The lowest BCUT2D eigenvalue weighted by molar-refractivity contribution is 0.266. The van der Waals surface area contributed by atoms with Crippen LogP contribution in [0.25, 0.3) is 11.4 Å². The Morgan fingerprint density at radius 2 is 2.05 bits per heavy atom. The third-order valence-electron chi connectivity index (χ3n) is 2.96. The monoisotopic (exact) mass is 321 g/mol. The van der Waals surface area contributed by atoms with Crippen LogP contribution in [0.5, 0.6) is 0 Å². The molecular formula is C13H12FN5O2S. The number of hydrogen-bond donors (Lipinski definition) is 1. The summed E-state index contributed by atoms with van der Waals surface area (Å²) in [5.74, 6) is 1.43. The first-order valence-corrected chi connectivity index (χ1v) is 7.36. The van der Waals surface area contributed by atoms with Crippen LogP contribution in [0.15, 0.2) is 33.9 Å². The van der Waals surface area contributed by atoms with Crippen molar-refractivity contribution in [1.82, 2.24) is 24.9 Å². The average molecular weight is 321 g/mol. The van der Waals surface area contributed by atoms with E-state index in [9.17, 15) is 4.39 Å². The van der Waals surface area contributed by atoms with Gasteiger partial charge < -0.3 is 14.2 Å². The summed E-state index contributed by atoms with van der Waals surface area (Å²) in [7, 11) is 1.77. The number of aliphatic hydroxyl groups excluding tert-OH is 1. The molecule has 0 atom stereocenters. The summed E-state index contributed by atoms with van der Waals surface area (Å²) in [5, 5.41) is 21.4. The largest absolute Gasteiger partial charge is 0.388 e. The highest BCUT2D eigenvalue weighted by Crippen LogP contribution is 2.22. The molecule has 0 aliphatic carbocycles. The topological polar surface area (TPSA) is 89.9 Å². The van der Waals surface area contributed by atoms with Gasteiger partial charge in [-0.3, -0.25) is 0 Å². The minimum absolute atomic E-state index is 0.167. The van der Waals surface area contributed by atoms with Crippen molar-refractivity contribution in [2.24, 2.45) is 7.05 Å². The van der Waals surface area contributed by atoms with E-state index in [0.717, 1.165) is 0 Å². The maximum Gasteiger partial charge on any atom is 0.237 e. The molecule has 0 saturated carbocycles. The Morgan fingerprint density at radius 3 is 2.73 bits per heavy atom. The molecule has 0 radical (unpaired) electrons. The third kappa shape index (κ3) is 3.00. The number of nitrogens with zero attached hydrogens (tertiary/aromatic N) is 5. The smallest absolute Gasteiger partial charge is 0.237 e. The first-order valence-electron chi connectivity index (χ1n) is 6.38. The quantitative estimate of drug-likeness (QED) is 0.716. The summed E-state index contributed by atoms with van der Waals surface area (Å²) in [6.07, 6.45) is 0. The maximum absolute atomic E-state index is 12.9. The van der Waals surface area contributed by atoms with Gasteiger partial charge in [-0.15, -0.1) is 10.2 Å². The Bertz CT molecular complexity index is 771. The molecule has 22 heavy (non-hydrogen) atoms. The van der Waals surface area contributed by atoms with Gasteiger partial charge in [0.15, 0.2) is 11.0 Å². The SMILES string of the molecule is Cn1c(CO)nnc1SCc1nc(-c2ccc(F)cc2)no1. The lowest BCUT2D eigenvalue weighted by atomic mass is 10.2. The lowest BCUT2D eigenvalue weighted by Crippen LogP contribution is -1.98. The highest BCUT2D eigenvalue weighted by molar-refractivity contribution is 7.98. The van der Waals surface area contributed by atoms with Crippen LogP contribution in [-0.2, 0) is 19.4 Å². The summed E-state index contributed by atoms with van der Waals surface area (Å²) in [6.45, 7) is -0.167. The molecule has 1 aromatic carbocycles. The normalized spacial score (nSPS) is 11.0. The van der Waals surface area contributed by atoms with Crippen molar-refractivity contribution < 1.29 is 14.0 Å². The van der Waals surface area contributed by atoms with Gasteiger partial charge in [-0.1, -0.05) is 16.9 Å². The number of benzene rings is 1. The van der Waals surface area contributed by atoms with E-state index in [1.807, 2.05) is 0 Å². The zero-order valence-corrected chi connectivity index (χ0v) is 12.4. The fraction of sp³-hybridized carbons (Fsp3) is 0.231. The fourth-order valence-corrected chi connectivity index (χ4v) is 2.53. The van der Waals surface area contributed by atoms with Gasteiger partial charge in [0, 0.05) is 12.6 Å². The van der Waals surface area contributed by atoms with Crippen LogP contribution in [0.3, 0.4) is 0 Å². The van der Waals surface area contributed by atoms with Crippen molar-refractivity contribution in [2.45, 2.75) is 17.5 Å². The van der Waals surface area contributed by atoms with Crippen molar-refractivity contribution >= 4 is 11.8 Å². The van der Waals surface area contributed by atoms with E-state index in [0.29, 0.717) is 34.0 Å². The van der Waals surface area contributed by atoms with Gasteiger partial charge in [-0.25, -0.2) is 4.39 Å². The molecule has 0 bridgehead atoms. The predicted molar refractivity (Wildman–Crippen MR) is 76.2 cm³/mol. The minimum Gasteiger partial charge on any atom is -0.388 e. The van der Waals surface area contributed by atoms with Gasteiger partial charge in [-0.05, 0) is 24.3 Å². The van der Waals surface area contributed by atoms with Crippen molar-refractivity contribution in [3.63, 3.8) is 0 Å². The number of hydrogen-bond acceptors (Lipinski definition) is 7. The molecule has 0 fully saturated rings. The van der Waals surface area contributed by atoms with E-state index in [-0.39, 0.29) is 12.4 Å². The Morgan fingerprint density at radius 1 is 1.27 bits per heavy atom. The van der Waals surface area contributed by atoms with Crippen LogP contribution < -0.4 is 0 Å². The molecule has 0 saturated heterocycles. The molecule has 2 aromatic heterocycles. The third-order valence-corrected chi connectivity index (χ3v) is 3.97. The van der Waals surface area contributed by atoms with Gasteiger partial charge >= 0.3 is 0 Å². The number of rotatable bonds is 5. The number of thioether (sulfide) groups is 1. The molecule has 1 N–H and O–H groups in total. The van der Waals surface area contributed by atoms with Crippen LogP contribution in [-0.4, -0.2) is 30.0 Å². The summed E-state index contributed by atoms with van der Waals surface area (Å²) >= 11 is 1.37. The minimum atomic E-state index is -0.315. The van der Waals surface area contributed by atoms with E-state index in [1.54, 1.807) is 23.7 Å². The Balaban J connectivity index is 1.69. The van der Waals surface area contributed by atoms with E-state index < -0.39 is 0 Å². The zero-order valence-electron chi connectivity index (χ0n) is 11.6. The molecule has 9 heteroatoms. The molecule has 114 valence electrons. The van der Waals surface area contributed by atoms with E-state index in [1.165, 1.54) is 23.9 Å². The number of halogens is 1. The molecular weight excluding hydrogens is 309 g/mol. The second kappa shape index (κ2) is 6.24. The lowest BCUT2D eigenvalue weighted by Gasteiger charge is -1.99. The molecule has 7 nitrogen and oxygen atoms in total. The van der Waals surface area contributed by atoms with Gasteiger partial charge in [0.05, 0.1) is 5.75 Å². The standard InChI is InChI=1S/C13H12FN5O2S/c1-19-10(6-20)16-17-13(19)22-7-11-15-12(18-21-11)8-2-4-9(14)5-3-8/h2-5,20H,6-7H2,1H3. The van der Waals surface area contributed by atoms with Crippen molar-refractivity contribution in [3.8, 4) is 11.4 Å². The Hall–Kier alpha value is -2.26. The Labute approximate surface area is 129 Å². The molecule has 0 spiro atoms. The highest BCUT2D eigenvalue weighted by Gasteiger charge is 2.12. The van der Waals surface area contributed by atoms with Crippen LogP contribution in [0.1, 0.15) is 11.7 Å². The van der Waals surface area contributed by atoms with Crippen LogP contribution >= 0.6 is 11.8 Å². The molecule has 0 aliphatic rings. The summed E-state index contributed by atoms with van der Waals surface area (Å²) in [6, 6.07) is 5.87. The van der Waals surface area contributed by atoms with Crippen molar-refractivity contribution in [3.05, 3.63) is 41.8 Å². The first-order chi connectivity index (χ1) is 10.7. The van der Waals surface area contributed by atoms with Crippen molar-refractivity contribution in [2.75, 3.05) is 0 Å². The van der Waals surface area contributed by atoms with Crippen LogP contribution in [0, 0.1) is 5.82 Å². The van der Waals surface area contributed by atoms with Crippen molar-refractivity contribution in [1.29, 1.82) is 0 Å². The molecule has 0 amide bonds. The molecule has 3 rings (SSSR count). The zero-order chi connectivity index (χ0) is 15.5. The second-order valence-electron chi connectivity index (χ2n) is 4.42. The van der Waals surface area contributed by atoms with E-state index in [2.05, 4.69) is 20.3 Å². The predicted octanol–water partition coefficient (Wildman–Crippen LogP) is 1.79. The summed E-state index contributed by atoms with van der Waals surface area (Å²) < 4.78 is 19.7. The highest BCUT2D eigenvalue weighted by atomic mass is 32.2. The fourth-order valence-electron chi connectivity index (χ4n) is 1.76. The van der Waals surface area contributed by atoms with Gasteiger partial charge in [-0.2, -0.15) is 4.98 Å². The summed E-state index contributed by atoms with van der Waals surface area (Å²) in [4.78, 5) is 4.25. The van der Waals surface area contributed by atoms with Gasteiger partial charge in [0.25, 0.3) is 0 Å². The number of aliphatic hydroxyl groups is 1. The van der Waals surface area contributed by atoms with E-state index in [4.69, 9.17) is 9.63 Å². The van der Waals surface area contributed by atoms with Gasteiger partial charge in [0.2, 0.25) is 11.7 Å². The van der Waals surface area contributed by atoms with Crippen LogP contribution in [0.4, 0.5) is 4.39 Å². The second-order valence-corrected chi connectivity index (χ2v) is 5.37. The first kappa shape index (κ1) is 14.7. The molecule has 0 aliphatic heterocycles. The average Bonchev–Trinajstić information content (AvgIpc) is 3.13.